The van der Waals surface area contributed by atoms with Crippen LogP contribution >= 0.6 is 0 Å². The molecule has 0 spiro atoms. The number of aliphatic hydroxyl groups is 4. The Morgan fingerprint density at radius 2 is 1.91 bits per heavy atom. The first-order valence-corrected chi connectivity index (χ1v) is 9.88. The van der Waals surface area contributed by atoms with E-state index in [-0.39, 0.29) is 45.8 Å². The first-order valence-electron chi connectivity index (χ1n) is 9.88. The Labute approximate surface area is 184 Å². The van der Waals surface area contributed by atoms with Crippen molar-refractivity contribution in [2.24, 2.45) is 0 Å². The van der Waals surface area contributed by atoms with E-state index in [4.69, 9.17) is 28.1 Å². The molecule has 5 rings (SSSR count). The van der Waals surface area contributed by atoms with Gasteiger partial charge in [-0.1, -0.05) is 0 Å². The van der Waals surface area contributed by atoms with E-state index in [9.17, 15) is 25.2 Å². The van der Waals surface area contributed by atoms with Gasteiger partial charge in [0.2, 0.25) is 18.8 Å². The normalized spacial score (nSPS) is 26.7. The van der Waals surface area contributed by atoms with Crippen molar-refractivity contribution in [2.45, 2.75) is 30.7 Å². The van der Waals surface area contributed by atoms with Gasteiger partial charge in [-0.25, -0.2) is 9.18 Å². The average molecular weight is 466 g/mol. The summed E-state index contributed by atoms with van der Waals surface area (Å²) in [5, 5.41) is 39.6. The molecule has 4 N–H and O–H groups in total. The standard InChI is InChI=1S/C21H19FO11/c1-28-18-10(31-21-16(26)15(25)14(24)11(5-23)32-21)4-8(22)12-7-2-3-9-17(30-6-29-9)13(7)20(27)33-19(12)18/h2-4,11,14-16,21,23-26H,5-6H2,1H3/t11-,14-,15+,16-,21-/m1/s1. The van der Waals surface area contributed by atoms with Crippen LogP contribution in [0.15, 0.2) is 27.4 Å². The summed E-state index contributed by atoms with van der Waals surface area (Å²) in [7, 11) is 1.23. The molecule has 3 heterocycles. The molecule has 0 bridgehead atoms. The van der Waals surface area contributed by atoms with Crippen molar-refractivity contribution in [1.29, 1.82) is 0 Å². The van der Waals surface area contributed by atoms with E-state index in [0.717, 1.165) is 6.07 Å². The number of halogens is 1. The molecule has 1 saturated heterocycles. The van der Waals surface area contributed by atoms with Crippen molar-refractivity contribution < 1.29 is 52.9 Å². The van der Waals surface area contributed by atoms with Crippen molar-refractivity contribution >= 4 is 21.7 Å². The van der Waals surface area contributed by atoms with Gasteiger partial charge >= 0.3 is 5.63 Å². The van der Waals surface area contributed by atoms with Crippen molar-refractivity contribution in [1.82, 2.24) is 0 Å². The van der Waals surface area contributed by atoms with Crippen LogP contribution < -0.4 is 24.6 Å². The molecule has 5 atom stereocenters. The largest absolute Gasteiger partial charge is 0.490 e. The molecule has 0 amide bonds. The first kappa shape index (κ1) is 21.7. The van der Waals surface area contributed by atoms with E-state index in [2.05, 4.69) is 0 Å². The van der Waals surface area contributed by atoms with Gasteiger partial charge < -0.3 is 48.5 Å². The number of hydrogen-bond acceptors (Lipinski definition) is 11. The van der Waals surface area contributed by atoms with Crippen molar-refractivity contribution in [3.05, 3.63) is 34.4 Å². The number of methoxy groups -OCH3 is 1. The summed E-state index contributed by atoms with van der Waals surface area (Å²) in [6.45, 7) is -0.769. The van der Waals surface area contributed by atoms with E-state index < -0.39 is 48.8 Å². The smallest absolute Gasteiger partial charge is 0.348 e. The Morgan fingerprint density at radius 3 is 2.64 bits per heavy atom. The maximum Gasteiger partial charge on any atom is 0.348 e. The Bertz CT molecular complexity index is 1290. The molecule has 0 radical (unpaired) electrons. The van der Waals surface area contributed by atoms with E-state index in [1.165, 1.54) is 19.2 Å². The molecule has 0 aliphatic carbocycles. The van der Waals surface area contributed by atoms with E-state index in [0.29, 0.717) is 5.75 Å². The van der Waals surface area contributed by atoms with Crippen LogP contribution in [0.4, 0.5) is 4.39 Å². The quantitative estimate of drug-likeness (QED) is 0.303. The van der Waals surface area contributed by atoms with Gasteiger partial charge in [-0.15, -0.1) is 0 Å². The fraction of sp³-hybridized carbons (Fsp3) is 0.381. The number of hydrogen-bond donors (Lipinski definition) is 4. The van der Waals surface area contributed by atoms with Gasteiger partial charge in [0.1, 0.15) is 35.6 Å². The highest BCUT2D eigenvalue weighted by atomic mass is 19.1. The lowest BCUT2D eigenvalue weighted by Crippen LogP contribution is -2.60. The second-order valence-electron chi connectivity index (χ2n) is 7.52. The maximum absolute atomic E-state index is 15.3. The fourth-order valence-electron chi connectivity index (χ4n) is 4.03. The second kappa shape index (κ2) is 8.01. The van der Waals surface area contributed by atoms with Crippen LogP contribution in [0.1, 0.15) is 0 Å². The Hall–Kier alpha value is -3.16. The highest BCUT2D eigenvalue weighted by molar-refractivity contribution is 6.09. The van der Waals surface area contributed by atoms with Gasteiger partial charge in [0.05, 0.1) is 19.1 Å². The topological polar surface area (TPSA) is 157 Å². The van der Waals surface area contributed by atoms with Gasteiger partial charge in [0.15, 0.2) is 22.8 Å². The highest BCUT2D eigenvalue weighted by Crippen LogP contribution is 2.44. The van der Waals surface area contributed by atoms with Gasteiger partial charge in [0.25, 0.3) is 0 Å². The molecular formula is C21H19FO11. The Kier molecular flexibility index (Phi) is 5.26. The van der Waals surface area contributed by atoms with Crippen molar-refractivity contribution in [3.8, 4) is 23.0 Å². The van der Waals surface area contributed by atoms with Gasteiger partial charge in [-0.2, -0.15) is 0 Å². The fourth-order valence-corrected chi connectivity index (χ4v) is 4.03. The highest BCUT2D eigenvalue weighted by Gasteiger charge is 2.45. The zero-order chi connectivity index (χ0) is 23.4. The summed E-state index contributed by atoms with van der Waals surface area (Å²) in [6.07, 6.45) is -7.89. The monoisotopic (exact) mass is 466 g/mol. The molecule has 0 unspecified atom stereocenters. The predicted molar refractivity (Wildman–Crippen MR) is 107 cm³/mol. The van der Waals surface area contributed by atoms with Gasteiger partial charge in [-0.3, -0.25) is 0 Å². The Morgan fingerprint density at radius 1 is 1.12 bits per heavy atom. The number of rotatable bonds is 4. The SMILES string of the molecule is COc1c(O[C@@H]2O[C@H](CO)[C@@H](O)[C@H](O)[C@H]2O)cc(F)c2c1oc(=O)c1c3c(ccc12)OCO3. The predicted octanol–water partition coefficient (Wildman–Crippen LogP) is 0.00130. The van der Waals surface area contributed by atoms with Crippen LogP contribution in [0.25, 0.3) is 21.7 Å². The summed E-state index contributed by atoms with van der Waals surface area (Å²) in [5.41, 5.74) is -1.10. The third kappa shape index (κ3) is 3.26. The summed E-state index contributed by atoms with van der Waals surface area (Å²) >= 11 is 0. The molecule has 2 aromatic carbocycles. The average Bonchev–Trinajstić information content (AvgIpc) is 3.28. The lowest BCUT2D eigenvalue weighted by atomic mass is 9.99. The minimum Gasteiger partial charge on any atom is -0.490 e. The Balaban J connectivity index is 1.65. The first-order chi connectivity index (χ1) is 15.8. The van der Waals surface area contributed by atoms with Gasteiger partial charge in [0, 0.05) is 11.5 Å². The van der Waals surface area contributed by atoms with Crippen LogP contribution in [0, 0.1) is 5.82 Å². The summed E-state index contributed by atoms with van der Waals surface area (Å²) in [6, 6.07) is 3.96. The molecule has 11 nitrogen and oxygen atoms in total. The zero-order valence-electron chi connectivity index (χ0n) is 17.1. The van der Waals surface area contributed by atoms with Crippen LogP contribution in [0.5, 0.6) is 23.0 Å². The van der Waals surface area contributed by atoms with Gasteiger partial charge in [-0.05, 0) is 12.1 Å². The van der Waals surface area contributed by atoms with Crippen molar-refractivity contribution in [2.75, 3.05) is 20.5 Å². The molecule has 1 aromatic heterocycles. The van der Waals surface area contributed by atoms with Crippen LogP contribution in [-0.2, 0) is 4.74 Å². The molecule has 2 aliphatic heterocycles. The van der Waals surface area contributed by atoms with E-state index >= 15 is 4.39 Å². The number of ether oxygens (including phenoxy) is 5. The molecule has 176 valence electrons. The molecule has 3 aromatic rings. The van der Waals surface area contributed by atoms with Crippen LogP contribution in [-0.4, -0.2) is 71.6 Å². The third-order valence-corrected chi connectivity index (χ3v) is 5.66. The number of benzene rings is 2. The lowest BCUT2D eigenvalue weighted by molar-refractivity contribution is -0.277. The molecule has 1 fully saturated rings. The molecule has 0 saturated carbocycles. The molecular weight excluding hydrogens is 447 g/mol. The minimum absolute atomic E-state index is 0.000977. The van der Waals surface area contributed by atoms with Crippen molar-refractivity contribution in [3.63, 3.8) is 0 Å². The number of fused-ring (bicyclic) bond motifs is 5. The van der Waals surface area contributed by atoms with E-state index in [1.54, 1.807) is 0 Å². The van der Waals surface area contributed by atoms with Crippen LogP contribution in [0.3, 0.4) is 0 Å². The summed E-state index contributed by atoms with van der Waals surface area (Å²) in [5.74, 6) is -0.875. The third-order valence-electron chi connectivity index (χ3n) is 5.66. The summed E-state index contributed by atoms with van der Waals surface area (Å²) in [4.78, 5) is 12.8. The molecule has 2 aliphatic rings. The van der Waals surface area contributed by atoms with E-state index in [1.807, 2.05) is 0 Å². The minimum atomic E-state index is -1.74. The maximum atomic E-state index is 15.3. The molecule has 12 heteroatoms. The summed E-state index contributed by atoms with van der Waals surface area (Å²) < 4.78 is 47.4. The number of aliphatic hydroxyl groups excluding tert-OH is 4. The zero-order valence-corrected chi connectivity index (χ0v) is 17.1. The lowest BCUT2D eigenvalue weighted by Gasteiger charge is -2.39. The van der Waals surface area contributed by atoms with Crippen LogP contribution in [0.2, 0.25) is 0 Å². The molecule has 33 heavy (non-hydrogen) atoms. The second-order valence-corrected chi connectivity index (χ2v) is 7.52.